The van der Waals surface area contributed by atoms with Crippen LogP contribution in [0.5, 0.6) is 0 Å². The molecule has 0 radical (unpaired) electrons. The molecule has 2 unspecified atom stereocenters. The Morgan fingerprint density at radius 1 is 1.14 bits per heavy atom. The minimum Gasteiger partial charge on any atom is -0.444 e. The van der Waals surface area contributed by atoms with E-state index in [0.717, 1.165) is 37.7 Å². The average molecular weight is 489 g/mol. The molecule has 1 aromatic rings. The van der Waals surface area contributed by atoms with Crippen LogP contribution >= 0.6 is 0 Å². The van der Waals surface area contributed by atoms with E-state index in [9.17, 15) is 19.2 Å². The number of alkyl carbamates (subject to hydrolysis) is 1. The Morgan fingerprint density at radius 2 is 1.77 bits per heavy atom. The largest absolute Gasteiger partial charge is 0.444 e. The lowest BCUT2D eigenvalue weighted by Gasteiger charge is -2.43. The summed E-state index contributed by atoms with van der Waals surface area (Å²) in [7, 11) is 0. The van der Waals surface area contributed by atoms with Gasteiger partial charge in [0.15, 0.2) is 0 Å². The highest BCUT2D eigenvalue weighted by molar-refractivity contribution is 5.94. The van der Waals surface area contributed by atoms with Crippen molar-refractivity contribution in [3.05, 3.63) is 35.4 Å². The maximum Gasteiger partial charge on any atom is 0.408 e. The van der Waals surface area contributed by atoms with Gasteiger partial charge in [-0.3, -0.25) is 14.4 Å². The Balaban J connectivity index is 2.44. The number of unbranched alkanes of at least 4 members (excludes halogenated alkanes) is 1. The van der Waals surface area contributed by atoms with Crippen molar-refractivity contribution in [2.24, 2.45) is 5.73 Å². The van der Waals surface area contributed by atoms with Crippen molar-refractivity contribution < 1.29 is 23.9 Å². The summed E-state index contributed by atoms with van der Waals surface area (Å²) in [6.45, 7) is 9.57. The second kappa shape index (κ2) is 12.6. The number of amides is 4. The first-order valence-corrected chi connectivity index (χ1v) is 12.4. The highest BCUT2D eigenvalue weighted by Crippen LogP contribution is 2.34. The van der Waals surface area contributed by atoms with E-state index in [4.69, 9.17) is 10.5 Å². The van der Waals surface area contributed by atoms with Gasteiger partial charge in [-0.05, 0) is 58.9 Å². The molecule has 0 bridgehead atoms. The molecule has 4 N–H and O–H groups in total. The highest BCUT2D eigenvalue weighted by Gasteiger charge is 2.42. The number of carbonyl (C=O) groups is 4. The van der Waals surface area contributed by atoms with Crippen LogP contribution in [0.4, 0.5) is 4.79 Å². The molecule has 194 valence electrons. The van der Waals surface area contributed by atoms with Crippen molar-refractivity contribution in [3.8, 4) is 0 Å². The number of benzene rings is 1. The maximum atomic E-state index is 13.9. The predicted molar refractivity (Wildman–Crippen MR) is 133 cm³/mol. The third-order valence-electron chi connectivity index (χ3n) is 5.87. The minimum absolute atomic E-state index is 0.193. The van der Waals surface area contributed by atoms with Crippen LogP contribution in [0, 0.1) is 6.92 Å². The van der Waals surface area contributed by atoms with E-state index in [-0.39, 0.29) is 11.9 Å². The molecule has 1 fully saturated rings. The third-order valence-corrected chi connectivity index (χ3v) is 5.87. The van der Waals surface area contributed by atoms with Crippen LogP contribution in [0.15, 0.2) is 24.3 Å². The average Bonchev–Trinajstić information content (AvgIpc) is 2.70. The lowest BCUT2D eigenvalue weighted by atomic mass is 9.87. The summed E-state index contributed by atoms with van der Waals surface area (Å²) in [5, 5.41) is 5.46. The van der Waals surface area contributed by atoms with Crippen molar-refractivity contribution in [2.75, 3.05) is 6.54 Å². The fraction of sp³-hybridized carbons (Fsp3) is 0.615. The standard InChI is InChI=1S/C26H40N4O5/c1-6-7-15-28-23(32)22(18-13-11-17(2)12-14-18)30(19-9-8-10-19)24(33)20(16-21(27)31)29-25(34)35-26(3,4)5/h11-14,19-20,22H,6-10,15-16H2,1-5H3,(H2,27,31)(H,28,32)(H,29,34). The Morgan fingerprint density at radius 3 is 2.26 bits per heavy atom. The molecule has 9 nitrogen and oxygen atoms in total. The fourth-order valence-electron chi connectivity index (χ4n) is 3.89. The molecule has 1 aliphatic carbocycles. The van der Waals surface area contributed by atoms with Gasteiger partial charge in [0, 0.05) is 12.6 Å². The summed E-state index contributed by atoms with van der Waals surface area (Å²) in [6.07, 6.45) is 2.88. The zero-order chi connectivity index (χ0) is 26.2. The number of nitrogens with one attached hydrogen (secondary N) is 2. The molecule has 0 aromatic heterocycles. The van der Waals surface area contributed by atoms with Crippen LogP contribution in [-0.4, -0.2) is 52.9 Å². The summed E-state index contributed by atoms with van der Waals surface area (Å²) in [6, 6.07) is 5.11. The summed E-state index contributed by atoms with van der Waals surface area (Å²) >= 11 is 0. The van der Waals surface area contributed by atoms with Gasteiger partial charge in [0.25, 0.3) is 0 Å². The summed E-state index contributed by atoms with van der Waals surface area (Å²) in [5.74, 6) is -1.57. The first-order chi connectivity index (χ1) is 16.4. The second-order valence-corrected chi connectivity index (χ2v) is 10.2. The normalized spacial score (nSPS) is 15.3. The van der Waals surface area contributed by atoms with Gasteiger partial charge in [-0.1, -0.05) is 43.2 Å². The lowest BCUT2D eigenvalue weighted by molar-refractivity contribution is -0.148. The second-order valence-electron chi connectivity index (χ2n) is 10.2. The van der Waals surface area contributed by atoms with Crippen molar-refractivity contribution in [1.29, 1.82) is 0 Å². The molecule has 2 atom stereocenters. The molecule has 0 saturated heterocycles. The first kappa shape index (κ1) is 28.1. The highest BCUT2D eigenvalue weighted by atomic mass is 16.6. The summed E-state index contributed by atoms with van der Waals surface area (Å²) in [5.41, 5.74) is 6.32. The summed E-state index contributed by atoms with van der Waals surface area (Å²) in [4.78, 5) is 53.2. The Bertz CT molecular complexity index is 890. The molecule has 2 rings (SSSR count). The number of hydrogen-bond acceptors (Lipinski definition) is 5. The Kier molecular flexibility index (Phi) is 10.1. The molecule has 0 spiro atoms. The zero-order valence-corrected chi connectivity index (χ0v) is 21.6. The number of carbonyl (C=O) groups excluding carboxylic acids is 4. The molecule has 35 heavy (non-hydrogen) atoms. The van der Waals surface area contributed by atoms with Gasteiger partial charge in [0.2, 0.25) is 17.7 Å². The van der Waals surface area contributed by atoms with E-state index in [0.29, 0.717) is 12.1 Å². The Labute approximate surface area is 208 Å². The van der Waals surface area contributed by atoms with E-state index >= 15 is 0 Å². The van der Waals surface area contributed by atoms with Gasteiger partial charge >= 0.3 is 6.09 Å². The molecular formula is C26H40N4O5. The number of nitrogens with zero attached hydrogens (tertiary/aromatic N) is 1. The number of hydrogen-bond donors (Lipinski definition) is 3. The fourth-order valence-corrected chi connectivity index (χ4v) is 3.89. The monoisotopic (exact) mass is 488 g/mol. The molecule has 1 saturated carbocycles. The van der Waals surface area contributed by atoms with Gasteiger partial charge in [0.1, 0.15) is 17.7 Å². The number of aryl methyl sites for hydroxylation is 1. The van der Waals surface area contributed by atoms with Crippen molar-refractivity contribution in [2.45, 2.75) is 96.9 Å². The van der Waals surface area contributed by atoms with E-state index in [1.54, 1.807) is 20.8 Å². The van der Waals surface area contributed by atoms with E-state index < -0.39 is 42.0 Å². The zero-order valence-electron chi connectivity index (χ0n) is 21.6. The summed E-state index contributed by atoms with van der Waals surface area (Å²) < 4.78 is 5.30. The molecule has 1 aromatic carbocycles. The van der Waals surface area contributed by atoms with Gasteiger partial charge in [-0.2, -0.15) is 0 Å². The molecule has 4 amide bonds. The molecule has 0 aliphatic heterocycles. The first-order valence-electron chi connectivity index (χ1n) is 12.4. The minimum atomic E-state index is -1.25. The topological polar surface area (TPSA) is 131 Å². The van der Waals surface area contributed by atoms with Crippen molar-refractivity contribution in [3.63, 3.8) is 0 Å². The van der Waals surface area contributed by atoms with Gasteiger partial charge in [-0.25, -0.2) is 4.79 Å². The van der Waals surface area contributed by atoms with Crippen LogP contribution in [0.1, 0.15) is 83.4 Å². The Hall–Kier alpha value is -3.10. The van der Waals surface area contributed by atoms with E-state index in [1.165, 1.54) is 4.90 Å². The quantitative estimate of drug-likeness (QED) is 0.412. The SMILES string of the molecule is CCCCNC(=O)C(c1ccc(C)cc1)N(C(=O)C(CC(N)=O)NC(=O)OC(C)(C)C)C1CCC1. The van der Waals surface area contributed by atoms with Crippen LogP contribution < -0.4 is 16.4 Å². The van der Waals surface area contributed by atoms with E-state index in [2.05, 4.69) is 10.6 Å². The van der Waals surface area contributed by atoms with Gasteiger partial charge in [-0.15, -0.1) is 0 Å². The van der Waals surface area contributed by atoms with Crippen molar-refractivity contribution in [1.82, 2.24) is 15.5 Å². The number of nitrogens with two attached hydrogens (primary N) is 1. The molecule has 9 heteroatoms. The molecule has 1 aliphatic rings. The smallest absolute Gasteiger partial charge is 0.408 e. The predicted octanol–water partition coefficient (Wildman–Crippen LogP) is 3.10. The van der Waals surface area contributed by atoms with Crippen molar-refractivity contribution >= 4 is 23.8 Å². The van der Waals surface area contributed by atoms with Crippen LogP contribution in [-0.2, 0) is 19.1 Å². The van der Waals surface area contributed by atoms with Gasteiger partial charge in [0.05, 0.1) is 6.42 Å². The number of ether oxygens (including phenoxy) is 1. The van der Waals surface area contributed by atoms with Crippen LogP contribution in [0.2, 0.25) is 0 Å². The number of rotatable bonds is 11. The molecular weight excluding hydrogens is 448 g/mol. The van der Waals surface area contributed by atoms with Gasteiger partial charge < -0.3 is 26.0 Å². The van der Waals surface area contributed by atoms with E-state index in [1.807, 2.05) is 38.1 Å². The number of primary amides is 1. The molecule has 0 heterocycles. The third kappa shape index (κ3) is 8.56. The maximum absolute atomic E-state index is 13.9. The van der Waals surface area contributed by atoms with Crippen LogP contribution in [0.25, 0.3) is 0 Å². The van der Waals surface area contributed by atoms with Crippen LogP contribution in [0.3, 0.4) is 0 Å². The lowest BCUT2D eigenvalue weighted by Crippen LogP contribution is -2.58.